The molecular formula is C23H18Cl2N2O4. The van der Waals surface area contributed by atoms with Crippen molar-refractivity contribution in [2.24, 2.45) is 0 Å². The first-order valence-electron chi connectivity index (χ1n) is 9.28. The van der Waals surface area contributed by atoms with Gasteiger partial charge in [0.05, 0.1) is 15.6 Å². The van der Waals surface area contributed by atoms with E-state index >= 15 is 0 Å². The fourth-order valence-corrected chi connectivity index (χ4v) is 3.47. The maximum Gasteiger partial charge on any atom is 0.326 e. The van der Waals surface area contributed by atoms with E-state index in [2.05, 4.69) is 10.6 Å². The van der Waals surface area contributed by atoms with E-state index in [0.29, 0.717) is 16.8 Å². The van der Waals surface area contributed by atoms with Crippen LogP contribution in [-0.4, -0.2) is 28.9 Å². The number of amides is 2. The third kappa shape index (κ3) is 5.84. The Morgan fingerprint density at radius 2 is 1.42 bits per heavy atom. The molecule has 0 radical (unpaired) electrons. The number of carbonyl (C=O) groups is 3. The number of carbonyl (C=O) groups excluding carboxylic acids is 2. The summed E-state index contributed by atoms with van der Waals surface area (Å²) in [6, 6.07) is 18.7. The molecule has 3 rings (SSSR count). The Balaban J connectivity index is 1.66. The van der Waals surface area contributed by atoms with Gasteiger partial charge in [0.15, 0.2) is 0 Å². The summed E-state index contributed by atoms with van der Waals surface area (Å²) in [7, 11) is 0. The molecule has 0 aromatic heterocycles. The molecule has 0 saturated heterocycles. The van der Waals surface area contributed by atoms with Gasteiger partial charge in [-0.3, -0.25) is 9.59 Å². The number of aliphatic carboxylic acids is 1. The van der Waals surface area contributed by atoms with Crippen LogP contribution >= 0.6 is 23.2 Å². The number of carboxylic acid groups (broad SMARTS) is 1. The topological polar surface area (TPSA) is 95.5 Å². The SMILES string of the molecule is O=C(N[C@@H](Cc1ccc(NC(=O)c2c(Cl)cccc2Cl)cc1)C(=O)O)c1ccccc1. The highest BCUT2D eigenvalue weighted by Crippen LogP contribution is 2.25. The van der Waals surface area contributed by atoms with Crippen LogP contribution in [0.3, 0.4) is 0 Å². The Labute approximate surface area is 188 Å². The van der Waals surface area contributed by atoms with Crippen LogP contribution in [0, 0.1) is 0 Å². The standard InChI is InChI=1S/C23H18Cl2N2O4/c24-17-7-4-8-18(25)20(17)22(29)26-16-11-9-14(10-12-16)13-19(23(30)31)27-21(28)15-5-2-1-3-6-15/h1-12,19H,13H2,(H,26,29)(H,27,28)(H,30,31)/t19-/m0/s1. The molecule has 8 heteroatoms. The number of carboxylic acids is 1. The summed E-state index contributed by atoms with van der Waals surface area (Å²) in [5.74, 6) is -2.06. The Bertz CT molecular complexity index is 1080. The van der Waals surface area contributed by atoms with E-state index in [4.69, 9.17) is 23.2 Å². The van der Waals surface area contributed by atoms with Crippen LogP contribution in [0.2, 0.25) is 10.0 Å². The molecule has 3 aromatic carbocycles. The molecule has 158 valence electrons. The summed E-state index contributed by atoms with van der Waals surface area (Å²) in [5, 5.41) is 15.2. The van der Waals surface area contributed by atoms with E-state index in [-0.39, 0.29) is 22.0 Å². The molecule has 3 aromatic rings. The number of hydrogen-bond acceptors (Lipinski definition) is 3. The average molecular weight is 457 g/mol. The molecule has 0 bridgehead atoms. The van der Waals surface area contributed by atoms with Gasteiger partial charge in [-0.1, -0.05) is 59.6 Å². The van der Waals surface area contributed by atoms with E-state index in [1.54, 1.807) is 72.8 Å². The predicted molar refractivity (Wildman–Crippen MR) is 120 cm³/mol. The highest BCUT2D eigenvalue weighted by Gasteiger charge is 2.21. The van der Waals surface area contributed by atoms with Crippen molar-refractivity contribution in [3.8, 4) is 0 Å². The van der Waals surface area contributed by atoms with Gasteiger partial charge in [-0.05, 0) is 42.0 Å². The minimum absolute atomic E-state index is 0.0818. The monoisotopic (exact) mass is 456 g/mol. The van der Waals surface area contributed by atoms with Crippen molar-refractivity contribution in [1.29, 1.82) is 0 Å². The average Bonchev–Trinajstić information content (AvgIpc) is 2.75. The second kappa shape index (κ2) is 10.1. The molecule has 0 aliphatic heterocycles. The summed E-state index contributed by atoms with van der Waals surface area (Å²) in [4.78, 5) is 36.3. The van der Waals surface area contributed by atoms with Crippen molar-refractivity contribution in [3.63, 3.8) is 0 Å². The lowest BCUT2D eigenvalue weighted by Gasteiger charge is -2.15. The first-order valence-corrected chi connectivity index (χ1v) is 10.0. The molecule has 0 spiro atoms. The van der Waals surface area contributed by atoms with Crippen LogP contribution in [0.4, 0.5) is 5.69 Å². The first kappa shape index (κ1) is 22.3. The molecule has 0 unspecified atom stereocenters. The molecule has 3 N–H and O–H groups in total. The lowest BCUT2D eigenvalue weighted by Crippen LogP contribution is -2.42. The largest absolute Gasteiger partial charge is 0.480 e. The molecule has 1 atom stereocenters. The maximum absolute atomic E-state index is 12.5. The Hall–Kier alpha value is -3.35. The quantitative estimate of drug-likeness (QED) is 0.481. The smallest absolute Gasteiger partial charge is 0.326 e. The highest BCUT2D eigenvalue weighted by atomic mass is 35.5. The van der Waals surface area contributed by atoms with E-state index < -0.39 is 23.8 Å². The van der Waals surface area contributed by atoms with Crippen molar-refractivity contribution >= 4 is 46.7 Å². The van der Waals surface area contributed by atoms with Crippen LogP contribution in [-0.2, 0) is 11.2 Å². The van der Waals surface area contributed by atoms with Gasteiger partial charge in [0.1, 0.15) is 6.04 Å². The van der Waals surface area contributed by atoms with Crippen LogP contribution < -0.4 is 10.6 Å². The van der Waals surface area contributed by atoms with Crippen molar-refractivity contribution in [3.05, 3.63) is 99.5 Å². The summed E-state index contributed by atoms with van der Waals surface area (Å²) in [6.07, 6.45) is 0.0818. The summed E-state index contributed by atoms with van der Waals surface area (Å²) < 4.78 is 0. The van der Waals surface area contributed by atoms with Gasteiger partial charge in [0, 0.05) is 17.7 Å². The Morgan fingerprint density at radius 1 is 0.806 bits per heavy atom. The highest BCUT2D eigenvalue weighted by molar-refractivity contribution is 6.40. The van der Waals surface area contributed by atoms with Gasteiger partial charge in [0.2, 0.25) is 0 Å². The zero-order valence-corrected chi connectivity index (χ0v) is 17.7. The Morgan fingerprint density at radius 3 is 2.00 bits per heavy atom. The summed E-state index contributed by atoms with van der Waals surface area (Å²) in [6.45, 7) is 0. The third-order valence-electron chi connectivity index (χ3n) is 4.48. The van der Waals surface area contributed by atoms with Gasteiger partial charge in [-0.15, -0.1) is 0 Å². The zero-order chi connectivity index (χ0) is 22.4. The molecule has 6 nitrogen and oxygen atoms in total. The van der Waals surface area contributed by atoms with Crippen molar-refractivity contribution < 1.29 is 19.5 Å². The fraction of sp³-hybridized carbons (Fsp3) is 0.0870. The van der Waals surface area contributed by atoms with Crippen molar-refractivity contribution in [2.45, 2.75) is 12.5 Å². The predicted octanol–water partition coefficient (Wildman–Crippen LogP) is 4.67. The zero-order valence-electron chi connectivity index (χ0n) is 16.1. The van der Waals surface area contributed by atoms with Crippen LogP contribution in [0.5, 0.6) is 0 Å². The van der Waals surface area contributed by atoms with Gasteiger partial charge in [-0.25, -0.2) is 4.79 Å². The summed E-state index contributed by atoms with van der Waals surface area (Å²) >= 11 is 12.1. The second-order valence-electron chi connectivity index (χ2n) is 6.68. The van der Waals surface area contributed by atoms with E-state index in [9.17, 15) is 19.5 Å². The van der Waals surface area contributed by atoms with E-state index in [0.717, 1.165) is 0 Å². The fourth-order valence-electron chi connectivity index (χ4n) is 2.90. The minimum Gasteiger partial charge on any atom is -0.480 e. The second-order valence-corrected chi connectivity index (χ2v) is 7.50. The molecule has 0 heterocycles. The number of nitrogens with one attached hydrogen (secondary N) is 2. The molecular weight excluding hydrogens is 439 g/mol. The molecule has 0 aliphatic carbocycles. The van der Waals surface area contributed by atoms with Gasteiger partial charge in [0.25, 0.3) is 11.8 Å². The van der Waals surface area contributed by atoms with E-state index in [1.165, 1.54) is 0 Å². The van der Waals surface area contributed by atoms with Crippen molar-refractivity contribution in [1.82, 2.24) is 5.32 Å². The minimum atomic E-state index is -1.14. The number of benzene rings is 3. The Kier molecular flexibility index (Phi) is 7.28. The van der Waals surface area contributed by atoms with Crippen molar-refractivity contribution in [2.75, 3.05) is 5.32 Å². The van der Waals surface area contributed by atoms with Gasteiger partial charge in [-0.2, -0.15) is 0 Å². The lowest BCUT2D eigenvalue weighted by molar-refractivity contribution is -0.139. The van der Waals surface area contributed by atoms with Gasteiger partial charge >= 0.3 is 5.97 Å². The first-order chi connectivity index (χ1) is 14.8. The number of anilines is 1. The molecule has 31 heavy (non-hydrogen) atoms. The molecule has 0 fully saturated rings. The lowest BCUT2D eigenvalue weighted by atomic mass is 10.0. The van der Waals surface area contributed by atoms with E-state index in [1.807, 2.05) is 0 Å². The maximum atomic E-state index is 12.5. The normalized spacial score (nSPS) is 11.4. The number of hydrogen-bond donors (Lipinski definition) is 3. The van der Waals surface area contributed by atoms with Crippen LogP contribution in [0.15, 0.2) is 72.8 Å². The third-order valence-corrected chi connectivity index (χ3v) is 5.11. The van der Waals surface area contributed by atoms with Gasteiger partial charge < -0.3 is 15.7 Å². The summed E-state index contributed by atoms with van der Waals surface area (Å²) in [5.41, 5.74) is 1.72. The number of rotatable bonds is 7. The molecule has 0 aliphatic rings. The molecule has 0 saturated carbocycles. The van der Waals surface area contributed by atoms with Crippen LogP contribution in [0.1, 0.15) is 26.3 Å². The molecule has 2 amide bonds. The van der Waals surface area contributed by atoms with Crippen LogP contribution in [0.25, 0.3) is 0 Å². The number of halogens is 2.